The van der Waals surface area contributed by atoms with Crippen molar-refractivity contribution in [2.24, 2.45) is 0 Å². The fourth-order valence-corrected chi connectivity index (χ4v) is 5.88. The van der Waals surface area contributed by atoms with E-state index in [1.54, 1.807) is 28.6 Å². The van der Waals surface area contributed by atoms with Gasteiger partial charge in [0.05, 0.1) is 5.02 Å². The SMILES string of the molecule is O=S(=O)(c1ccccc1Cl)N1CCN(C2CCc3ccccc32)CC1. The Morgan fingerprint density at radius 1 is 0.920 bits per heavy atom. The third-order valence-corrected chi connectivity index (χ3v) is 7.67. The van der Waals surface area contributed by atoms with E-state index in [0.29, 0.717) is 19.1 Å². The molecule has 1 atom stereocenters. The van der Waals surface area contributed by atoms with Gasteiger partial charge in [0.2, 0.25) is 10.0 Å². The zero-order valence-electron chi connectivity index (χ0n) is 13.9. The molecule has 4 rings (SSSR count). The van der Waals surface area contributed by atoms with Gasteiger partial charge >= 0.3 is 0 Å². The summed E-state index contributed by atoms with van der Waals surface area (Å²) in [6.07, 6.45) is 2.23. The van der Waals surface area contributed by atoms with Crippen LogP contribution in [0.1, 0.15) is 23.6 Å². The van der Waals surface area contributed by atoms with Crippen LogP contribution in [0.5, 0.6) is 0 Å². The fourth-order valence-electron chi connectivity index (χ4n) is 3.96. The second-order valence-electron chi connectivity index (χ2n) is 6.62. The number of rotatable bonds is 3. The van der Waals surface area contributed by atoms with Crippen molar-refractivity contribution in [1.82, 2.24) is 9.21 Å². The van der Waals surface area contributed by atoms with Gasteiger partial charge in [-0.2, -0.15) is 4.31 Å². The van der Waals surface area contributed by atoms with E-state index >= 15 is 0 Å². The van der Waals surface area contributed by atoms with Crippen molar-refractivity contribution >= 4 is 21.6 Å². The minimum absolute atomic E-state index is 0.205. The Bertz CT molecular complexity index is 876. The van der Waals surface area contributed by atoms with Crippen molar-refractivity contribution in [3.8, 4) is 0 Å². The Morgan fingerprint density at radius 2 is 1.60 bits per heavy atom. The van der Waals surface area contributed by atoms with E-state index in [-0.39, 0.29) is 9.92 Å². The van der Waals surface area contributed by atoms with E-state index in [0.717, 1.165) is 25.9 Å². The quantitative estimate of drug-likeness (QED) is 0.825. The average molecular weight is 377 g/mol. The highest BCUT2D eigenvalue weighted by Gasteiger charge is 2.34. The average Bonchev–Trinajstić information content (AvgIpc) is 3.06. The predicted molar refractivity (Wildman–Crippen MR) is 99.3 cm³/mol. The molecule has 1 aliphatic heterocycles. The van der Waals surface area contributed by atoms with Crippen molar-refractivity contribution in [3.63, 3.8) is 0 Å². The fraction of sp³-hybridized carbons (Fsp3) is 0.368. The molecule has 4 nitrogen and oxygen atoms in total. The molecule has 2 aromatic rings. The third-order valence-electron chi connectivity index (χ3n) is 5.27. The van der Waals surface area contributed by atoms with Gasteiger partial charge in [-0.05, 0) is 36.1 Å². The number of halogens is 1. The van der Waals surface area contributed by atoms with Gasteiger partial charge in [0.25, 0.3) is 0 Å². The molecule has 132 valence electrons. The van der Waals surface area contributed by atoms with Crippen LogP contribution in [0.4, 0.5) is 0 Å². The molecule has 1 unspecified atom stereocenters. The highest BCUT2D eigenvalue weighted by Crippen LogP contribution is 2.36. The van der Waals surface area contributed by atoms with Crippen LogP contribution in [0.15, 0.2) is 53.4 Å². The predicted octanol–water partition coefficient (Wildman–Crippen LogP) is 3.33. The number of benzene rings is 2. The molecule has 2 aliphatic rings. The molecule has 6 heteroatoms. The second kappa shape index (κ2) is 6.72. The highest BCUT2D eigenvalue weighted by atomic mass is 35.5. The van der Waals surface area contributed by atoms with Gasteiger partial charge in [-0.25, -0.2) is 8.42 Å². The first-order chi connectivity index (χ1) is 12.1. The van der Waals surface area contributed by atoms with Gasteiger partial charge < -0.3 is 0 Å². The Balaban J connectivity index is 1.48. The number of aryl methyl sites for hydroxylation is 1. The number of nitrogens with zero attached hydrogens (tertiary/aromatic N) is 2. The zero-order chi connectivity index (χ0) is 17.4. The summed E-state index contributed by atoms with van der Waals surface area (Å²) in [5.74, 6) is 0. The van der Waals surface area contributed by atoms with Crippen LogP contribution in [0, 0.1) is 0 Å². The van der Waals surface area contributed by atoms with Gasteiger partial charge in [0, 0.05) is 32.2 Å². The lowest BCUT2D eigenvalue weighted by molar-refractivity contribution is 0.137. The summed E-state index contributed by atoms with van der Waals surface area (Å²) in [4.78, 5) is 2.63. The van der Waals surface area contributed by atoms with E-state index in [9.17, 15) is 8.42 Å². The molecule has 1 fully saturated rings. The van der Waals surface area contributed by atoms with Crippen LogP contribution in [-0.2, 0) is 16.4 Å². The Labute approximate surface area is 154 Å². The van der Waals surface area contributed by atoms with Crippen molar-refractivity contribution < 1.29 is 8.42 Å². The lowest BCUT2D eigenvalue weighted by Gasteiger charge is -2.37. The van der Waals surface area contributed by atoms with E-state index in [2.05, 4.69) is 29.2 Å². The first kappa shape index (κ1) is 17.0. The smallest absolute Gasteiger partial charge is 0.244 e. The first-order valence-corrected chi connectivity index (χ1v) is 10.5. The Hall–Kier alpha value is -1.40. The van der Waals surface area contributed by atoms with Gasteiger partial charge in [0.1, 0.15) is 4.90 Å². The standard InChI is InChI=1S/C19H21ClN2O2S/c20-17-7-3-4-8-19(17)25(23,24)22-13-11-21(12-14-22)18-10-9-15-5-1-2-6-16(15)18/h1-8,18H,9-14H2. The van der Waals surface area contributed by atoms with Crippen molar-refractivity contribution in [1.29, 1.82) is 0 Å². The number of hydrogen-bond donors (Lipinski definition) is 0. The molecule has 1 heterocycles. The van der Waals surface area contributed by atoms with E-state index in [1.165, 1.54) is 11.1 Å². The van der Waals surface area contributed by atoms with Gasteiger partial charge in [-0.15, -0.1) is 0 Å². The number of sulfonamides is 1. The largest absolute Gasteiger partial charge is 0.294 e. The summed E-state index contributed by atoms with van der Waals surface area (Å²) in [6, 6.07) is 15.7. The van der Waals surface area contributed by atoms with Crippen molar-refractivity contribution in [3.05, 3.63) is 64.7 Å². The number of hydrogen-bond acceptors (Lipinski definition) is 3. The minimum Gasteiger partial charge on any atom is -0.294 e. The molecule has 0 spiro atoms. The summed E-state index contributed by atoms with van der Waals surface area (Å²) in [6.45, 7) is 2.52. The maximum atomic E-state index is 12.9. The molecular weight excluding hydrogens is 356 g/mol. The molecule has 1 aliphatic carbocycles. The van der Waals surface area contributed by atoms with Gasteiger partial charge in [-0.3, -0.25) is 4.90 Å². The molecule has 25 heavy (non-hydrogen) atoms. The zero-order valence-corrected chi connectivity index (χ0v) is 15.5. The summed E-state index contributed by atoms with van der Waals surface area (Å²) in [5, 5.41) is 0.287. The summed E-state index contributed by atoms with van der Waals surface area (Å²) >= 11 is 6.10. The molecular formula is C19H21ClN2O2S. The van der Waals surface area contributed by atoms with Crippen LogP contribution in [0.25, 0.3) is 0 Å². The van der Waals surface area contributed by atoms with Crippen LogP contribution in [-0.4, -0.2) is 43.8 Å². The maximum Gasteiger partial charge on any atom is 0.244 e. The molecule has 0 aromatic heterocycles. The van der Waals surface area contributed by atoms with Crippen LogP contribution < -0.4 is 0 Å². The maximum absolute atomic E-state index is 12.9. The van der Waals surface area contributed by atoms with Gasteiger partial charge in [0.15, 0.2) is 0 Å². The summed E-state index contributed by atoms with van der Waals surface area (Å²) < 4.78 is 27.3. The van der Waals surface area contributed by atoms with Crippen LogP contribution >= 0.6 is 11.6 Å². The molecule has 0 saturated carbocycles. The lowest BCUT2D eigenvalue weighted by Crippen LogP contribution is -2.49. The van der Waals surface area contributed by atoms with Crippen LogP contribution in [0.2, 0.25) is 5.02 Å². The molecule has 1 saturated heterocycles. The van der Waals surface area contributed by atoms with E-state index < -0.39 is 10.0 Å². The van der Waals surface area contributed by atoms with Crippen molar-refractivity contribution in [2.75, 3.05) is 26.2 Å². The molecule has 2 aromatic carbocycles. The van der Waals surface area contributed by atoms with Crippen LogP contribution in [0.3, 0.4) is 0 Å². The Morgan fingerprint density at radius 3 is 2.36 bits per heavy atom. The highest BCUT2D eigenvalue weighted by molar-refractivity contribution is 7.89. The molecule has 0 radical (unpaired) electrons. The van der Waals surface area contributed by atoms with Gasteiger partial charge in [-0.1, -0.05) is 48.0 Å². The minimum atomic E-state index is -3.53. The first-order valence-electron chi connectivity index (χ1n) is 8.64. The topological polar surface area (TPSA) is 40.6 Å². The Kier molecular flexibility index (Phi) is 4.58. The number of piperazine rings is 1. The summed E-state index contributed by atoms with van der Waals surface area (Å²) in [7, 11) is -3.53. The van der Waals surface area contributed by atoms with E-state index in [4.69, 9.17) is 11.6 Å². The number of fused-ring (bicyclic) bond motifs is 1. The normalized spacial score (nSPS) is 22.0. The van der Waals surface area contributed by atoms with E-state index in [1.807, 2.05) is 0 Å². The van der Waals surface area contributed by atoms with Crippen molar-refractivity contribution in [2.45, 2.75) is 23.8 Å². The third kappa shape index (κ3) is 3.10. The molecule has 0 amide bonds. The lowest BCUT2D eigenvalue weighted by atomic mass is 10.1. The second-order valence-corrected chi connectivity index (χ2v) is 8.94. The monoisotopic (exact) mass is 376 g/mol. The molecule has 0 bridgehead atoms. The summed E-state index contributed by atoms with van der Waals surface area (Å²) in [5.41, 5.74) is 2.84. The molecule has 0 N–H and O–H groups in total.